The fourth-order valence-corrected chi connectivity index (χ4v) is 2.55. The summed E-state index contributed by atoms with van der Waals surface area (Å²) in [5.74, 6) is -0.597. The zero-order valence-electron chi connectivity index (χ0n) is 12.4. The molecular weight excluding hydrogens is 272 g/mol. The highest BCUT2D eigenvalue weighted by atomic mass is 16.5. The van der Waals surface area contributed by atoms with Crippen molar-refractivity contribution in [2.24, 2.45) is 0 Å². The maximum atomic E-state index is 11.8. The average Bonchev–Trinajstić information content (AvgIpc) is 2.54. The third-order valence-corrected chi connectivity index (χ3v) is 3.70. The van der Waals surface area contributed by atoms with E-state index < -0.39 is 5.97 Å². The number of carbonyl (C=O) groups excluding carboxylic acids is 2. The number of carbonyl (C=O) groups is 2. The number of pyridine rings is 1. The van der Waals surface area contributed by atoms with Crippen LogP contribution in [0.1, 0.15) is 35.3 Å². The zero-order chi connectivity index (χ0) is 15.2. The van der Waals surface area contributed by atoms with Crippen molar-refractivity contribution in [1.29, 1.82) is 0 Å². The van der Waals surface area contributed by atoms with Crippen LogP contribution in [0.25, 0.3) is 0 Å². The summed E-state index contributed by atoms with van der Waals surface area (Å²) in [5.41, 5.74) is 1.24. The molecule has 21 heavy (non-hydrogen) atoms. The van der Waals surface area contributed by atoms with Gasteiger partial charge in [-0.1, -0.05) is 6.42 Å². The number of piperidine rings is 1. The number of ether oxygens (including phenoxy) is 2. The van der Waals surface area contributed by atoms with E-state index in [1.54, 1.807) is 12.1 Å². The normalized spacial score (nSPS) is 19.0. The van der Waals surface area contributed by atoms with E-state index in [-0.39, 0.29) is 12.0 Å². The minimum atomic E-state index is -0.403. The third-order valence-electron chi connectivity index (χ3n) is 3.70. The highest BCUT2D eigenvalue weighted by Crippen LogP contribution is 2.20. The first-order valence-corrected chi connectivity index (χ1v) is 7.01. The summed E-state index contributed by atoms with van der Waals surface area (Å²) in [6, 6.07) is 3.27. The molecule has 0 saturated carbocycles. The smallest absolute Gasteiger partial charge is 0.339 e. The van der Waals surface area contributed by atoms with E-state index in [0.717, 1.165) is 31.5 Å². The van der Waals surface area contributed by atoms with Gasteiger partial charge in [0, 0.05) is 12.7 Å². The summed E-state index contributed by atoms with van der Waals surface area (Å²) < 4.78 is 9.50. The fraction of sp³-hybridized carbons (Fsp3) is 0.533. The lowest BCUT2D eigenvalue weighted by molar-refractivity contribution is -0.148. The van der Waals surface area contributed by atoms with E-state index in [9.17, 15) is 9.59 Å². The molecule has 0 unspecified atom stereocenters. The molecule has 0 aliphatic carbocycles. The van der Waals surface area contributed by atoms with Crippen molar-refractivity contribution in [2.45, 2.75) is 31.8 Å². The molecule has 6 heteroatoms. The van der Waals surface area contributed by atoms with Crippen LogP contribution in [0.4, 0.5) is 0 Å². The summed E-state index contributed by atoms with van der Waals surface area (Å²) in [5, 5.41) is 0. The van der Waals surface area contributed by atoms with Gasteiger partial charge in [0.25, 0.3) is 0 Å². The van der Waals surface area contributed by atoms with Gasteiger partial charge in [-0.15, -0.1) is 0 Å². The van der Waals surface area contributed by atoms with E-state index in [0.29, 0.717) is 12.1 Å². The van der Waals surface area contributed by atoms with Gasteiger partial charge in [-0.05, 0) is 31.5 Å². The Bertz CT molecular complexity index is 501. The van der Waals surface area contributed by atoms with Gasteiger partial charge in [0.15, 0.2) is 0 Å². The average molecular weight is 292 g/mol. The number of rotatable bonds is 4. The van der Waals surface area contributed by atoms with Crippen LogP contribution >= 0.6 is 0 Å². The standard InChI is InChI=1S/C15H20N2O4/c1-20-14(18)11-6-7-12(16-9-11)10-17-8-4-3-5-13(17)15(19)21-2/h6-7,9,13H,3-5,8,10H2,1-2H3/t13-/m1/s1. The van der Waals surface area contributed by atoms with Crippen LogP contribution in [0.3, 0.4) is 0 Å². The number of likely N-dealkylation sites (tertiary alicyclic amines) is 1. The van der Waals surface area contributed by atoms with Crippen molar-refractivity contribution in [3.8, 4) is 0 Å². The van der Waals surface area contributed by atoms with Gasteiger partial charge in [0.2, 0.25) is 0 Å². The van der Waals surface area contributed by atoms with Gasteiger partial charge < -0.3 is 9.47 Å². The summed E-state index contributed by atoms with van der Waals surface area (Å²) in [4.78, 5) is 29.5. The van der Waals surface area contributed by atoms with Crippen molar-refractivity contribution in [3.63, 3.8) is 0 Å². The molecule has 1 saturated heterocycles. The second kappa shape index (κ2) is 7.17. The van der Waals surface area contributed by atoms with Gasteiger partial charge in [-0.25, -0.2) is 4.79 Å². The highest BCUT2D eigenvalue weighted by molar-refractivity contribution is 5.88. The lowest BCUT2D eigenvalue weighted by Gasteiger charge is -2.33. The molecule has 1 aromatic rings. The van der Waals surface area contributed by atoms with Crippen LogP contribution in [0, 0.1) is 0 Å². The van der Waals surface area contributed by atoms with Gasteiger partial charge in [0.05, 0.1) is 25.5 Å². The second-order valence-electron chi connectivity index (χ2n) is 5.04. The Hall–Kier alpha value is -1.95. The summed E-state index contributed by atoms with van der Waals surface area (Å²) >= 11 is 0. The molecule has 0 amide bonds. The maximum absolute atomic E-state index is 11.8. The SMILES string of the molecule is COC(=O)c1ccc(CN2CCCC[C@@H]2C(=O)OC)nc1. The molecule has 0 spiro atoms. The van der Waals surface area contributed by atoms with Crippen molar-refractivity contribution in [1.82, 2.24) is 9.88 Å². The number of hydrogen-bond donors (Lipinski definition) is 0. The molecule has 1 aromatic heterocycles. The molecule has 2 rings (SSSR count). The molecule has 1 fully saturated rings. The number of hydrogen-bond acceptors (Lipinski definition) is 6. The summed E-state index contributed by atoms with van der Waals surface area (Å²) in [6.45, 7) is 1.42. The first-order valence-electron chi connectivity index (χ1n) is 7.01. The van der Waals surface area contributed by atoms with Gasteiger partial charge in [-0.2, -0.15) is 0 Å². The van der Waals surface area contributed by atoms with Gasteiger partial charge >= 0.3 is 11.9 Å². The minimum absolute atomic E-state index is 0.194. The number of esters is 2. The zero-order valence-corrected chi connectivity index (χ0v) is 12.4. The van der Waals surface area contributed by atoms with E-state index >= 15 is 0 Å². The Kier molecular flexibility index (Phi) is 5.27. The van der Waals surface area contributed by atoms with Crippen molar-refractivity contribution in [3.05, 3.63) is 29.6 Å². The molecular formula is C15H20N2O4. The third kappa shape index (κ3) is 3.78. The topological polar surface area (TPSA) is 68.7 Å². The molecule has 2 heterocycles. The lowest BCUT2D eigenvalue weighted by Crippen LogP contribution is -2.44. The molecule has 0 radical (unpaired) electrons. The fourth-order valence-electron chi connectivity index (χ4n) is 2.55. The molecule has 1 atom stereocenters. The van der Waals surface area contributed by atoms with Crippen LogP contribution in [0.2, 0.25) is 0 Å². The van der Waals surface area contributed by atoms with Crippen LogP contribution < -0.4 is 0 Å². The molecule has 1 aliphatic rings. The minimum Gasteiger partial charge on any atom is -0.468 e. The van der Waals surface area contributed by atoms with E-state index in [1.165, 1.54) is 20.4 Å². The Labute approximate surface area is 124 Å². The van der Waals surface area contributed by atoms with Crippen LogP contribution in [-0.2, 0) is 20.8 Å². The Morgan fingerprint density at radius 3 is 2.71 bits per heavy atom. The first kappa shape index (κ1) is 15.4. The first-order chi connectivity index (χ1) is 10.2. The Morgan fingerprint density at radius 1 is 1.29 bits per heavy atom. The largest absolute Gasteiger partial charge is 0.468 e. The maximum Gasteiger partial charge on any atom is 0.339 e. The van der Waals surface area contributed by atoms with E-state index in [4.69, 9.17) is 4.74 Å². The predicted molar refractivity (Wildman–Crippen MR) is 75.6 cm³/mol. The quantitative estimate of drug-likeness (QED) is 0.781. The Morgan fingerprint density at radius 2 is 2.10 bits per heavy atom. The monoisotopic (exact) mass is 292 g/mol. The molecule has 1 aliphatic heterocycles. The summed E-state index contributed by atoms with van der Waals surface area (Å²) in [6.07, 6.45) is 4.41. The highest BCUT2D eigenvalue weighted by Gasteiger charge is 2.29. The molecule has 0 N–H and O–H groups in total. The van der Waals surface area contributed by atoms with Crippen molar-refractivity contribution < 1.29 is 19.1 Å². The van der Waals surface area contributed by atoms with Crippen molar-refractivity contribution in [2.75, 3.05) is 20.8 Å². The molecule has 114 valence electrons. The Balaban J connectivity index is 2.05. The van der Waals surface area contributed by atoms with Crippen LogP contribution in [0.15, 0.2) is 18.3 Å². The number of aromatic nitrogens is 1. The van der Waals surface area contributed by atoms with Gasteiger partial charge in [0.1, 0.15) is 6.04 Å². The molecule has 0 aromatic carbocycles. The van der Waals surface area contributed by atoms with Crippen molar-refractivity contribution >= 4 is 11.9 Å². The van der Waals surface area contributed by atoms with Gasteiger partial charge in [-0.3, -0.25) is 14.7 Å². The lowest BCUT2D eigenvalue weighted by atomic mass is 10.0. The van der Waals surface area contributed by atoms with Crippen LogP contribution in [-0.4, -0.2) is 48.6 Å². The van der Waals surface area contributed by atoms with E-state index in [1.807, 2.05) is 0 Å². The number of methoxy groups -OCH3 is 2. The predicted octanol–water partition coefficient (Wildman–Crippen LogP) is 1.40. The number of nitrogens with zero attached hydrogens (tertiary/aromatic N) is 2. The van der Waals surface area contributed by atoms with Crippen LogP contribution in [0.5, 0.6) is 0 Å². The second-order valence-corrected chi connectivity index (χ2v) is 5.04. The van der Waals surface area contributed by atoms with E-state index in [2.05, 4.69) is 14.6 Å². The summed E-state index contributed by atoms with van der Waals surface area (Å²) in [7, 11) is 2.75. The molecule has 6 nitrogen and oxygen atoms in total. The molecule has 0 bridgehead atoms.